The number of hydrogen-bond acceptors (Lipinski definition) is 5. The standard InChI is InChI=1S/C23H26N4O5S2/c1-4-24-23(28)25-18-9-14-21(26-33(29,30)19-10-5-16(2)6-11-19)22(15-18)27-34(31,32)20-12-7-17(3)8-13-20/h5-15,26-27H,4H2,1-3H3,(H2,24,25,28). The average Bonchev–Trinajstić information content (AvgIpc) is 2.76. The molecule has 3 aromatic rings. The van der Waals surface area contributed by atoms with Gasteiger partial charge in [-0.05, 0) is 63.2 Å². The van der Waals surface area contributed by atoms with E-state index in [1.165, 1.54) is 42.5 Å². The number of carbonyl (C=O) groups excluding carboxylic acids is 1. The Morgan fingerprint density at radius 3 is 1.65 bits per heavy atom. The molecule has 2 amide bonds. The van der Waals surface area contributed by atoms with Gasteiger partial charge in [-0.15, -0.1) is 0 Å². The van der Waals surface area contributed by atoms with Crippen molar-refractivity contribution in [3.63, 3.8) is 0 Å². The summed E-state index contributed by atoms with van der Waals surface area (Å²) in [5.74, 6) is 0. The summed E-state index contributed by atoms with van der Waals surface area (Å²) < 4.78 is 56.7. The Morgan fingerprint density at radius 2 is 1.18 bits per heavy atom. The fraction of sp³-hybridized carbons (Fsp3) is 0.174. The zero-order valence-electron chi connectivity index (χ0n) is 18.9. The molecule has 0 unspecified atom stereocenters. The third-order valence-electron chi connectivity index (χ3n) is 4.77. The molecule has 0 saturated heterocycles. The van der Waals surface area contributed by atoms with E-state index < -0.39 is 26.1 Å². The molecule has 0 spiro atoms. The summed E-state index contributed by atoms with van der Waals surface area (Å²) in [6.45, 7) is 5.82. The quantitative estimate of drug-likeness (QED) is 0.369. The van der Waals surface area contributed by atoms with Crippen LogP contribution in [0.3, 0.4) is 0 Å². The molecule has 9 nitrogen and oxygen atoms in total. The summed E-state index contributed by atoms with van der Waals surface area (Å²) >= 11 is 0. The molecule has 0 atom stereocenters. The van der Waals surface area contributed by atoms with Crippen LogP contribution in [0.4, 0.5) is 21.9 Å². The van der Waals surface area contributed by atoms with E-state index in [9.17, 15) is 21.6 Å². The number of rotatable bonds is 8. The number of aryl methyl sites for hydroxylation is 2. The van der Waals surface area contributed by atoms with Gasteiger partial charge < -0.3 is 10.6 Å². The van der Waals surface area contributed by atoms with Crippen LogP contribution in [-0.4, -0.2) is 29.4 Å². The molecule has 180 valence electrons. The van der Waals surface area contributed by atoms with Crippen molar-refractivity contribution in [1.29, 1.82) is 0 Å². The normalized spacial score (nSPS) is 11.5. The van der Waals surface area contributed by atoms with E-state index >= 15 is 0 Å². The summed E-state index contributed by atoms with van der Waals surface area (Å²) in [5, 5.41) is 5.15. The third-order valence-corrected chi connectivity index (χ3v) is 7.53. The first-order valence-electron chi connectivity index (χ1n) is 10.4. The zero-order valence-corrected chi connectivity index (χ0v) is 20.5. The maximum atomic E-state index is 13.0. The number of urea groups is 1. The van der Waals surface area contributed by atoms with E-state index in [-0.39, 0.29) is 26.9 Å². The molecule has 0 aliphatic heterocycles. The molecule has 0 saturated carbocycles. The molecule has 34 heavy (non-hydrogen) atoms. The predicted octanol–water partition coefficient (Wildman–Crippen LogP) is 4.05. The number of benzene rings is 3. The van der Waals surface area contributed by atoms with Crippen LogP contribution in [0.25, 0.3) is 0 Å². The van der Waals surface area contributed by atoms with Crippen LogP contribution in [0, 0.1) is 13.8 Å². The second kappa shape index (κ2) is 10.1. The molecule has 0 aliphatic rings. The lowest BCUT2D eigenvalue weighted by Gasteiger charge is -2.17. The lowest BCUT2D eigenvalue weighted by atomic mass is 10.2. The second-order valence-electron chi connectivity index (χ2n) is 7.58. The maximum Gasteiger partial charge on any atom is 0.319 e. The zero-order chi connectivity index (χ0) is 24.9. The largest absolute Gasteiger partial charge is 0.338 e. The monoisotopic (exact) mass is 502 g/mol. The van der Waals surface area contributed by atoms with Crippen molar-refractivity contribution in [2.75, 3.05) is 21.3 Å². The molecular formula is C23H26N4O5S2. The molecule has 0 fully saturated rings. The lowest BCUT2D eigenvalue weighted by molar-refractivity contribution is 0.252. The Labute approximate surface area is 199 Å². The highest BCUT2D eigenvalue weighted by atomic mass is 32.2. The summed E-state index contributed by atoms with van der Waals surface area (Å²) in [6, 6.07) is 16.1. The van der Waals surface area contributed by atoms with Gasteiger partial charge in [-0.2, -0.15) is 0 Å². The minimum atomic E-state index is -4.05. The van der Waals surface area contributed by atoms with Crippen LogP contribution in [0.5, 0.6) is 0 Å². The van der Waals surface area contributed by atoms with Crippen molar-refractivity contribution < 1.29 is 21.6 Å². The fourth-order valence-electron chi connectivity index (χ4n) is 2.97. The second-order valence-corrected chi connectivity index (χ2v) is 10.9. The van der Waals surface area contributed by atoms with Gasteiger partial charge in [0.25, 0.3) is 20.0 Å². The first-order valence-corrected chi connectivity index (χ1v) is 13.3. The molecule has 0 heterocycles. The van der Waals surface area contributed by atoms with Gasteiger partial charge in [0.1, 0.15) is 0 Å². The Bertz CT molecular complexity index is 1390. The highest BCUT2D eigenvalue weighted by molar-refractivity contribution is 7.93. The first kappa shape index (κ1) is 25.1. The van der Waals surface area contributed by atoms with E-state index in [0.29, 0.717) is 6.54 Å². The van der Waals surface area contributed by atoms with E-state index in [1.54, 1.807) is 31.2 Å². The van der Waals surface area contributed by atoms with E-state index in [2.05, 4.69) is 20.1 Å². The third kappa shape index (κ3) is 6.27. The van der Waals surface area contributed by atoms with Crippen LogP contribution in [-0.2, 0) is 20.0 Å². The van der Waals surface area contributed by atoms with Crippen LogP contribution < -0.4 is 20.1 Å². The SMILES string of the molecule is CCNC(=O)Nc1ccc(NS(=O)(=O)c2ccc(C)cc2)c(NS(=O)(=O)c2ccc(C)cc2)c1. The minimum absolute atomic E-state index is 0.00212. The molecular weight excluding hydrogens is 476 g/mol. The Morgan fingerprint density at radius 1 is 0.706 bits per heavy atom. The summed E-state index contributed by atoms with van der Waals surface area (Å²) in [5.41, 5.74) is 2.00. The van der Waals surface area contributed by atoms with Crippen LogP contribution in [0.1, 0.15) is 18.1 Å². The highest BCUT2D eigenvalue weighted by Crippen LogP contribution is 2.30. The molecule has 3 aromatic carbocycles. The minimum Gasteiger partial charge on any atom is -0.338 e. The van der Waals surface area contributed by atoms with Crippen molar-refractivity contribution in [2.45, 2.75) is 30.6 Å². The molecule has 0 aromatic heterocycles. The Hall–Kier alpha value is -3.57. The summed E-state index contributed by atoms with van der Waals surface area (Å²) in [4.78, 5) is 11.9. The number of anilines is 3. The number of amides is 2. The Balaban J connectivity index is 2.00. The number of sulfonamides is 2. The average molecular weight is 503 g/mol. The van der Waals surface area contributed by atoms with Gasteiger partial charge in [0.05, 0.1) is 21.2 Å². The Kier molecular flexibility index (Phi) is 7.48. The van der Waals surface area contributed by atoms with Gasteiger partial charge >= 0.3 is 6.03 Å². The first-order chi connectivity index (χ1) is 16.0. The molecule has 0 radical (unpaired) electrons. The lowest BCUT2D eigenvalue weighted by Crippen LogP contribution is -2.28. The van der Waals surface area contributed by atoms with Crippen molar-refractivity contribution in [2.24, 2.45) is 0 Å². The van der Waals surface area contributed by atoms with Crippen molar-refractivity contribution >= 4 is 43.1 Å². The molecule has 3 rings (SSSR count). The fourth-order valence-corrected chi connectivity index (χ4v) is 5.12. The van der Waals surface area contributed by atoms with E-state index in [1.807, 2.05) is 13.8 Å². The van der Waals surface area contributed by atoms with Gasteiger partial charge in [-0.1, -0.05) is 35.4 Å². The van der Waals surface area contributed by atoms with Gasteiger partial charge in [0.15, 0.2) is 0 Å². The van der Waals surface area contributed by atoms with E-state index in [0.717, 1.165) is 11.1 Å². The van der Waals surface area contributed by atoms with Gasteiger partial charge in [-0.3, -0.25) is 9.44 Å². The van der Waals surface area contributed by atoms with Crippen molar-refractivity contribution in [3.05, 3.63) is 77.9 Å². The summed E-state index contributed by atoms with van der Waals surface area (Å²) in [6.07, 6.45) is 0. The van der Waals surface area contributed by atoms with Crippen molar-refractivity contribution in [1.82, 2.24) is 5.32 Å². The number of carbonyl (C=O) groups is 1. The van der Waals surface area contributed by atoms with Gasteiger partial charge in [0.2, 0.25) is 0 Å². The highest BCUT2D eigenvalue weighted by Gasteiger charge is 2.21. The number of hydrogen-bond donors (Lipinski definition) is 4. The van der Waals surface area contributed by atoms with Crippen LogP contribution in [0.15, 0.2) is 76.5 Å². The van der Waals surface area contributed by atoms with Gasteiger partial charge in [0, 0.05) is 12.2 Å². The molecule has 0 aliphatic carbocycles. The topological polar surface area (TPSA) is 133 Å². The molecule has 11 heteroatoms. The van der Waals surface area contributed by atoms with E-state index in [4.69, 9.17) is 0 Å². The maximum absolute atomic E-state index is 13.0. The van der Waals surface area contributed by atoms with Crippen molar-refractivity contribution in [3.8, 4) is 0 Å². The molecule has 4 N–H and O–H groups in total. The van der Waals surface area contributed by atoms with Crippen LogP contribution >= 0.6 is 0 Å². The number of nitrogens with one attached hydrogen (secondary N) is 4. The summed E-state index contributed by atoms with van der Waals surface area (Å²) in [7, 11) is -8.05. The predicted molar refractivity (Wildman–Crippen MR) is 133 cm³/mol. The smallest absolute Gasteiger partial charge is 0.319 e. The van der Waals surface area contributed by atoms with Crippen LogP contribution in [0.2, 0.25) is 0 Å². The molecule has 0 bridgehead atoms. The van der Waals surface area contributed by atoms with Gasteiger partial charge in [-0.25, -0.2) is 21.6 Å².